The van der Waals surface area contributed by atoms with Gasteiger partial charge < -0.3 is 9.32 Å². The van der Waals surface area contributed by atoms with E-state index in [-0.39, 0.29) is 5.41 Å². The summed E-state index contributed by atoms with van der Waals surface area (Å²) in [5.74, 6) is 0. The monoisotopic (exact) mass is 719 g/mol. The summed E-state index contributed by atoms with van der Waals surface area (Å²) < 4.78 is 6.98. The summed E-state index contributed by atoms with van der Waals surface area (Å²) in [5.41, 5.74) is 18.4. The van der Waals surface area contributed by atoms with Crippen LogP contribution in [0.5, 0.6) is 0 Å². The molecule has 0 bridgehead atoms. The first-order chi connectivity index (χ1) is 27.8. The highest BCUT2D eigenvalue weighted by Crippen LogP contribution is 2.62. The second-order valence-corrected chi connectivity index (χ2v) is 16.1. The molecule has 7 aromatic carbocycles. The molecule has 1 spiro atoms. The smallest absolute Gasteiger partial charge is 0.137 e. The van der Waals surface area contributed by atoms with E-state index in [1.54, 1.807) is 0 Å². The zero-order valence-electron chi connectivity index (χ0n) is 31.3. The van der Waals surface area contributed by atoms with Crippen molar-refractivity contribution in [1.29, 1.82) is 0 Å². The lowest BCUT2D eigenvalue weighted by atomic mass is 9.65. The molecule has 0 N–H and O–H groups in total. The van der Waals surface area contributed by atoms with E-state index < -0.39 is 5.41 Å². The van der Waals surface area contributed by atoms with Gasteiger partial charge >= 0.3 is 0 Å². The molecule has 12 rings (SSSR count). The van der Waals surface area contributed by atoms with Crippen LogP contribution in [-0.2, 0) is 10.8 Å². The molecule has 0 saturated heterocycles. The van der Waals surface area contributed by atoms with Crippen molar-refractivity contribution in [2.75, 3.05) is 4.90 Å². The van der Waals surface area contributed by atoms with Gasteiger partial charge in [0, 0.05) is 33.5 Å². The third-order valence-electron chi connectivity index (χ3n) is 13.5. The predicted molar refractivity (Wildman–Crippen MR) is 231 cm³/mol. The van der Waals surface area contributed by atoms with Crippen molar-refractivity contribution in [1.82, 2.24) is 0 Å². The largest absolute Gasteiger partial charge is 0.456 e. The molecule has 268 valence electrons. The van der Waals surface area contributed by atoms with Crippen LogP contribution < -0.4 is 4.90 Å². The molecule has 2 nitrogen and oxygen atoms in total. The maximum Gasteiger partial charge on any atom is 0.137 e. The Bertz CT molecular complexity index is 2920. The summed E-state index contributed by atoms with van der Waals surface area (Å²) in [6.07, 6.45) is 12.0. The minimum atomic E-state index is -0.563. The van der Waals surface area contributed by atoms with E-state index >= 15 is 0 Å². The third-order valence-corrected chi connectivity index (χ3v) is 13.5. The Labute approximate surface area is 328 Å². The highest BCUT2D eigenvalue weighted by Gasteiger charge is 2.50. The summed E-state index contributed by atoms with van der Waals surface area (Å²) in [4.78, 5) is 2.52. The van der Waals surface area contributed by atoms with E-state index in [0.29, 0.717) is 0 Å². The van der Waals surface area contributed by atoms with Crippen LogP contribution in [0.1, 0.15) is 71.9 Å². The Hall–Kier alpha value is -6.38. The van der Waals surface area contributed by atoms with E-state index in [1.165, 1.54) is 92.4 Å². The molecule has 0 aliphatic heterocycles. The van der Waals surface area contributed by atoms with Gasteiger partial charge in [0.15, 0.2) is 0 Å². The molecular weight excluding hydrogens is 679 g/mol. The zero-order chi connectivity index (χ0) is 36.8. The van der Waals surface area contributed by atoms with Gasteiger partial charge in [-0.05, 0) is 106 Å². The molecule has 1 unspecified atom stereocenters. The van der Waals surface area contributed by atoms with Gasteiger partial charge in [0.1, 0.15) is 11.2 Å². The average Bonchev–Trinajstić information content (AvgIpc) is 4.04. The normalized spacial score (nSPS) is 18.7. The summed E-state index contributed by atoms with van der Waals surface area (Å²) in [6.45, 7) is 0. The van der Waals surface area contributed by atoms with E-state index in [0.717, 1.165) is 40.8 Å². The first kappa shape index (κ1) is 31.9. The maximum absolute atomic E-state index is 6.98. The van der Waals surface area contributed by atoms with Crippen LogP contribution in [0.3, 0.4) is 0 Å². The average molecular weight is 720 g/mol. The molecular formula is C54H41NO. The maximum atomic E-state index is 6.98. The van der Waals surface area contributed by atoms with Crippen molar-refractivity contribution in [3.05, 3.63) is 215 Å². The van der Waals surface area contributed by atoms with Gasteiger partial charge in [-0.25, -0.2) is 0 Å². The van der Waals surface area contributed by atoms with Gasteiger partial charge in [-0.15, -0.1) is 0 Å². The number of para-hydroxylation sites is 2. The van der Waals surface area contributed by atoms with Crippen LogP contribution >= 0.6 is 0 Å². The molecule has 4 aliphatic rings. The van der Waals surface area contributed by atoms with E-state index in [9.17, 15) is 0 Å². The lowest BCUT2D eigenvalue weighted by Crippen LogP contribution is -2.29. The zero-order valence-corrected chi connectivity index (χ0v) is 31.3. The fraction of sp³-hybridized carbons (Fsp3) is 0.148. The Morgan fingerprint density at radius 3 is 2.02 bits per heavy atom. The highest BCUT2D eigenvalue weighted by molar-refractivity contribution is 6.11. The van der Waals surface area contributed by atoms with Gasteiger partial charge in [-0.3, -0.25) is 0 Å². The minimum absolute atomic E-state index is 0.0687. The SMILES string of the molecule is C1=C2C(=CCC1)C(c1ccccc1)(c1cc(N(c3ccccc3)c3cccc4c3-c3ccccc3C43CCCC3)cc3oc4ccccc4c13)c1ccccc12. The highest BCUT2D eigenvalue weighted by atomic mass is 16.3. The molecule has 2 heteroatoms. The Balaban J connectivity index is 1.22. The van der Waals surface area contributed by atoms with Gasteiger partial charge in [-0.1, -0.05) is 152 Å². The van der Waals surface area contributed by atoms with Crippen molar-refractivity contribution in [3.8, 4) is 11.1 Å². The summed E-state index contributed by atoms with van der Waals surface area (Å²) >= 11 is 0. The molecule has 1 aromatic heterocycles. The van der Waals surface area contributed by atoms with Crippen molar-refractivity contribution >= 4 is 44.6 Å². The standard InChI is InChI=1S/C54H41NO/c1-3-18-36(19-4-1)54(44-27-12-7-22-39(44)40-23-8-13-28-45(40)54)47-34-38(35-50-52(47)42-25-10-14-31-49(42)56-50)55(37-20-5-2-6-21-37)48-30-17-29-46-51(48)41-24-9-11-26-43(41)53(46)32-15-16-33-53/h1-7,9-12,14,17-31,34-35H,8,13,15-16,32-33H2. The number of benzene rings is 7. The summed E-state index contributed by atoms with van der Waals surface area (Å²) in [5, 5.41) is 2.33. The second-order valence-electron chi connectivity index (χ2n) is 16.1. The molecule has 1 heterocycles. The fourth-order valence-corrected chi connectivity index (χ4v) is 11.4. The Kier molecular flexibility index (Phi) is 6.87. The topological polar surface area (TPSA) is 16.4 Å². The van der Waals surface area contributed by atoms with Crippen molar-refractivity contribution in [2.24, 2.45) is 0 Å². The number of allylic oxidation sites excluding steroid dienone is 4. The molecule has 1 atom stereocenters. The van der Waals surface area contributed by atoms with Gasteiger partial charge in [0.25, 0.3) is 0 Å². The number of nitrogens with zero attached hydrogens (tertiary/aromatic N) is 1. The molecule has 4 aliphatic carbocycles. The van der Waals surface area contributed by atoms with Crippen molar-refractivity contribution in [2.45, 2.75) is 49.4 Å². The van der Waals surface area contributed by atoms with E-state index in [4.69, 9.17) is 4.42 Å². The predicted octanol–water partition coefficient (Wildman–Crippen LogP) is 14.3. The van der Waals surface area contributed by atoms with Crippen LogP contribution in [-0.4, -0.2) is 0 Å². The number of furan rings is 1. The molecule has 0 amide bonds. The number of rotatable bonds is 5. The third kappa shape index (κ3) is 4.22. The molecule has 1 saturated carbocycles. The van der Waals surface area contributed by atoms with Gasteiger partial charge in [0.05, 0.1) is 16.8 Å². The molecule has 1 fully saturated rings. The molecule has 56 heavy (non-hydrogen) atoms. The van der Waals surface area contributed by atoms with Crippen LogP contribution in [0.15, 0.2) is 186 Å². The van der Waals surface area contributed by atoms with E-state index in [2.05, 4.69) is 181 Å². The quantitative estimate of drug-likeness (QED) is 0.176. The number of hydrogen-bond donors (Lipinski definition) is 0. The first-order valence-electron chi connectivity index (χ1n) is 20.4. The van der Waals surface area contributed by atoms with Gasteiger partial charge in [0.2, 0.25) is 0 Å². The second kappa shape index (κ2) is 12.1. The lowest BCUT2D eigenvalue weighted by molar-refractivity contribution is 0.550. The number of fused-ring (bicyclic) bond motifs is 11. The van der Waals surface area contributed by atoms with Crippen LogP contribution in [0, 0.1) is 0 Å². The van der Waals surface area contributed by atoms with Crippen molar-refractivity contribution in [3.63, 3.8) is 0 Å². The number of hydrogen-bond acceptors (Lipinski definition) is 2. The summed E-state index contributed by atoms with van der Waals surface area (Å²) in [6, 6.07) is 61.1. The minimum Gasteiger partial charge on any atom is -0.456 e. The number of anilines is 3. The fourth-order valence-electron chi connectivity index (χ4n) is 11.4. The van der Waals surface area contributed by atoms with Crippen LogP contribution in [0.4, 0.5) is 17.1 Å². The summed E-state index contributed by atoms with van der Waals surface area (Å²) in [7, 11) is 0. The molecule has 8 aromatic rings. The molecule has 0 radical (unpaired) electrons. The van der Waals surface area contributed by atoms with Gasteiger partial charge in [-0.2, -0.15) is 0 Å². The van der Waals surface area contributed by atoms with Crippen LogP contribution in [0.2, 0.25) is 0 Å². The lowest BCUT2D eigenvalue weighted by Gasteiger charge is -2.37. The van der Waals surface area contributed by atoms with Crippen molar-refractivity contribution < 1.29 is 4.42 Å². The van der Waals surface area contributed by atoms with E-state index in [1.807, 2.05) is 0 Å². The Morgan fingerprint density at radius 2 is 1.18 bits per heavy atom. The van der Waals surface area contributed by atoms with Crippen LogP contribution in [0.25, 0.3) is 38.6 Å². The Morgan fingerprint density at radius 1 is 0.500 bits per heavy atom. The first-order valence-corrected chi connectivity index (χ1v) is 20.4.